The zero-order valence-electron chi connectivity index (χ0n) is 17.3. The molecule has 0 aliphatic carbocycles. The molecule has 0 fully saturated rings. The summed E-state index contributed by atoms with van der Waals surface area (Å²) in [5.74, 6) is -0.913. The zero-order chi connectivity index (χ0) is 23.4. The van der Waals surface area contributed by atoms with Gasteiger partial charge in [0.15, 0.2) is 0 Å². The Balaban J connectivity index is 1.55. The average molecular weight is 467 g/mol. The fourth-order valence-electron chi connectivity index (χ4n) is 3.00. The monoisotopic (exact) mass is 467 g/mol. The van der Waals surface area contributed by atoms with Gasteiger partial charge < -0.3 is 14.6 Å². The second-order valence-electron chi connectivity index (χ2n) is 6.87. The molecule has 2 N–H and O–H groups in total. The molecule has 8 nitrogen and oxygen atoms in total. The lowest BCUT2D eigenvalue weighted by atomic mass is 10.1. The third-order valence-corrected chi connectivity index (χ3v) is 6.01. The molecule has 1 heterocycles. The van der Waals surface area contributed by atoms with Crippen molar-refractivity contribution in [3.63, 3.8) is 0 Å². The number of sulfonamides is 1. The molecule has 0 bridgehead atoms. The van der Waals surface area contributed by atoms with Crippen molar-refractivity contribution in [3.05, 3.63) is 90.4 Å². The highest BCUT2D eigenvalue weighted by Gasteiger charge is 2.19. The van der Waals surface area contributed by atoms with E-state index in [1.165, 1.54) is 25.3 Å². The van der Waals surface area contributed by atoms with Gasteiger partial charge in [0.2, 0.25) is 5.76 Å². The summed E-state index contributed by atoms with van der Waals surface area (Å²) >= 11 is 0. The van der Waals surface area contributed by atoms with Crippen LogP contribution in [0.25, 0.3) is 11.3 Å². The quantitative estimate of drug-likeness (QED) is 0.413. The van der Waals surface area contributed by atoms with Crippen molar-refractivity contribution in [3.8, 4) is 17.0 Å². The molecule has 0 radical (unpaired) electrons. The summed E-state index contributed by atoms with van der Waals surface area (Å²) in [4.78, 5) is 12.5. The second kappa shape index (κ2) is 9.13. The van der Waals surface area contributed by atoms with Crippen LogP contribution < -0.4 is 14.8 Å². The number of aromatic nitrogens is 1. The van der Waals surface area contributed by atoms with E-state index in [-0.39, 0.29) is 27.8 Å². The number of ether oxygens (including phenoxy) is 1. The van der Waals surface area contributed by atoms with Crippen LogP contribution in [0.3, 0.4) is 0 Å². The maximum Gasteiger partial charge on any atom is 0.294 e. The van der Waals surface area contributed by atoms with Gasteiger partial charge in [0.25, 0.3) is 15.9 Å². The number of nitrogens with zero attached hydrogens (tertiary/aromatic N) is 1. The minimum absolute atomic E-state index is 0.0156. The molecule has 4 rings (SSSR count). The molecule has 10 heteroatoms. The smallest absolute Gasteiger partial charge is 0.294 e. The molecule has 0 saturated heterocycles. The first-order valence-corrected chi connectivity index (χ1v) is 11.1. The van der Waals surface area contributed by atoms with Crippen molar-refractivity contribution in [1.29, 1.82) is 0 Å². The SMILES string of the molecule is COc1ccc(NC(=O)c2cc(-c3ccccc3)no2)cc1NS(=O)(=O)c1ccc(F)cc1. The third kappa shape index (κ3) is 5.01. The normalized spacial score (nSPS) is 11.1. The van der Waals surface area contributed by atoms with Crippen LogP contribution >= 0.6 is 0 Å². The predicted octanol–water partition coefficient (Wildman–Crippen LogP) is 4.54. The van der Waals surface area contributed by atoms with E-state index in [9.17, 15) is 17.6 Å². The van der Waals surface area contributed by atoms with Crippen molar-refractivity contribution < 1.29 is 26.9 Å². The molecule has 0 unspecified atom stereocenters. The molecular formula is C23H18FN3O5S. The molecule has 0 aliphatic rings. The summed E-state index contributed by atoms with van der Waals surface area (Å²) in [5, 5.41) is 6.54. The summed E-state index contributed by atoms with van der Waals surface area (Å²) < 4.78 is 51.2. The Hall–Kier alpha value is -4.18. The van der Waals surface area contributed by atoms with Gasteiger partial charge in [-0.3, -0.25) is 9.52 Å². The van der Waals surface area contributed by atoms with Crippen molar-refractivity contribution in [2.45, 2.75) is 4.90 Å². The molecule has 1 amide bonds. The fraction of sp³-hybridized carbons (Fsp3) is 0.0435. The number of amides is 1. The van der Waals surface area contributed by atoms with Gasteiger partial charge in [-0.15, -0.1) is 0 Å². The highest BCUT2D eigenvalue weighted by atomic mass is 32.2. The number of carbonyl (C=O) groups excluding carboxylic acids is 1. The first-order valence-electron chi connectivity index (χ1n) is 9.65. The summed E-state index contributed by atoms with van der Waals surface area (Å²) in [6.45, 7) is 0. The fourth-order valence-corrected chi connectivity index (χ4v) is 4.06. The number of anilines is 2. The molecule has 3 aromatic carbocycles. The van der Waals surface area contributed by atoms with E-state index in [4.69, 9.17) is 9.26 Å². The standard InChI is InChI=1S/C23H18FN3O5S/c1-31-21-12-9-17(13-20(21)27-33(29,30)18-10-7-16(24)8-11-18)25-23(28)22-14-19(26-32-22)15-5-3-2-4-6-15/h2-14,27H,1H3,(H,25,28). The molecule has 0 atom stereocenters. The predicted molar refractivity (Wildman–Crippen MR) is 120 cm³/mol. The van der Waals surface area contributed by atoms with Gasteiger partial charge in [-0.25, -0.2) is 12.8 Å². The molecule has 0 aliphatic heterocycles. The number of hydrogen-bond donors (Lipinski definition) is 2. The van der Waals surface area contributed by atoms with Crippen molar-refractivity contribution in [2.75, 3.05) is 17.1 Å². The van der Waals surface area contributed by atoms with Gasteiger partial charge in [-0.2, -0.15) is 0 Å². The molecule has 4 aromatic rings. The van der Waals surface area contributed by atoms with Gasteiger partial charge in [-0.1, -0.05) is 35.5 Å². The Bertz CT molecular complexity index is 1390. The maximum absolute atomic E-state index is 13.1. The molecule has 0 spiro atoms. The van der Waals surface area contributed by atoms with Gasteiger partial charge in [-0.05, 0) is 42.5 Å². The van der Waals surface area contributed by atoms with Gasteiger partial charge in [0, 0.05) is 17.3 Å². The van der Waals surface area contributed by atoms with Crippen LogP contribution in [-0.4, -0.2) is 26.6 Å². The largest absolute Gasteiger partial charge is 0.495 e. The van der Waals surface area contributed by atoms with E-state index in [2.05, 4.69) is 15.2 Å². The number of nitrogens with one attached hydrogen (secondary N) is 2. The lowest BCUT2D eigenvalue weighted by Crippen LogP contribution is -2.15. The third-order valence-electron chi connectivity index (χ3n) is 4.63. The Morgan fingerprint density at radius 3 is 2.42 bits per heavy atom. The minimum atomic E-state index is -4.03. The first-order chi connectivity index (χ1) is 15.9. The number of halogens is 1. The summed E-state index contributed by atoms with van der Waals surface area (Å²) in [6, 6.07) is 19.5. The van der Waals surface area contributed by atoms with Crippen molar-refractivity contribution >= 4 is 27.3 Å². The van der Waals surface area contributed by atoms with E-state index in [1.807, 2.05) is 30.3 Å². The number of carbonyl (C=O) groups is 1. The lowest BCUT2D eigenvalue weighted by molar-refractivity contribution is 0.0988. The molecule has 33 heavy (non-hydrogen) atoms. The molecular weight excluding hydrogens is 449 g/mol. The van der Waals surface area contributed by atoms with E-state index in [0.29, 0.717) is 5.69 Å². The highest BCUT2D eigenvalue weighted by Crippen LogP contribution is 2.30. The first kappa shape index (κ1) is 22.0. The maximum atomic E-state index is 13.1. The minimum Gasteiger partial charge on any atom is -0.495 e. The van der Waals surface area contributed by atoms with Crippen LogP contribution in [0.2, 0.25) is 0 Å². The average Bonchev–Trinajstić information content (AvgIpc) is 3.31. The van der Waals surface area contributed by atoms with Crippen LogP contribution in [0.4, 0.5) is 15.8 Å². The van der Waals surface area contributed by atoms with Crippen LogP contribution in [0.1, 0.15) is 10.6 Å². The highest BCUT2D eigenvalue weighted by molar-refractivity contribution is 7.92. The van der Waals surface area contributed by atoms with Gasteiger partial charge in [0.1, 0.15) is 17.3 Å². The van der Waals surface area contributed by atoms with Crippen LogP contribution in [0, 0.1) is 5.82 Å². The number of methoxy groups -OCH3 is 1. The molecule has 0 saturated carbocycles. The lowest BCUT2D eigenvalue weighted by Gasteiger charge is -2.13. The van der Waals surface area contributed by atoms with E-state index in [0.717, 1.165) is 29.8 Å². The summed E-state index contributed by atoms with van der Waals surface area (Å²) in [5.41, 5.74) is 1.67. The van der Waals surface area contributed by atoms with Gasteiger partial charge >= 0.3 is 0 Å². The van der Waals surface area contributed by atoms with Crippen molar-refractivity contribution in [1.82, 2.24) is 5.16 Å². The van der Waals surface area contributed by atoms with E-state index >= 15 is 0 Å². The zero-order valence-corrected chi connectivity index (χ0v) is 18.1. The van der Waals surface area contributed by atoms with Crippen LogP contribution in [-0.2, 0) is 10.0 Å². The molecule has 1 aromatic heterocycles. The summed E-state index contributed by atoms with van der Waals surface area (Å²) in [6.07, 6.45) is 0. The Kier molecular flexibility index (Phi) is 6.09. The van der Waals surface area contributed by atoms with Crippen LogP contribution in [0.15, 0.2) is 88.3 Å². The Morgan fingerprint density at radius 1 is 1.00 bits per heavy atom. The van der Waals surface area contributed by atoms with E-state index in [1.54, 1.807) is 6.07 Å². The summed E-state index contributed by atoms with van der Waals surface area (Å²) in [7, 11) is -2.65. The topological polar surface area (TPSA) is 111 Å². The Labute approximate surface area is 189 Å². The van der Waals surface area contributed by atoms with Crippen LogP contribution in [0.5, 0.6) is 5.75 Å². The Morgan fingerprint density at radius 2 is 1.73 bits per heavy atom. The number of rotatable bonds is 7. The second-order valence-corrected chi connectivity index (χ2v) is 8.55. The molecule has 168 valence electrons. The number of benzene rings is 3. The van der Waals surface area contributed by atoms with E-state index < -0.39 is 21.7 Å². The number of hydrogen-bond acceptors (Lipinski definition) is 6. The van der Waals surface area contributed by atoms with Gasteiger partial charge in [0.05, 0.1) is 17.7 Å². The van der Waals surface area contributed by atoms with Crippen molar-refractivity contribution in [2.24, 2.45) is 0 Å².